The highest BCUT2D eigenvalue weighted by molar-refractivity contribution is 9.10. The van der Waals surface area contributed by atoms with E-state index >= 15 is 0 Å². The molecule has 0 amide bonds. The third kappa shape index (κ3) is 4.10. The maximum atomic E-state index is 13.0. The van der Waals surface area contributed by atoms with E-state index in [1.165, 1.54) is 31.4 Å². The highest BCUT2D eigenvalue weighted by Gasteiger charge is 2.49. The van der Waals surface area contributed by atoms with Crippen LogP contribution in [0.4, 0.5) is 26.3 Å². The van der Waals surface area contributed by atoms with Crippen LogP contribution in [0.15, 0.2) is 41.1 Å². The Morgan fingerprint density at radius 1 is 1.03 bits per heavy atom. The molecule has 0 saturated heterocycles. The summed E-state index contributed by atoms with van der Waals surface area (Å²) in [6.07, 6.45) is -2.90. The topological polar surface area (TPSA) is 87.0 Å². The fraction of sp³-hybridized carbons (Fsp3) is 0.167. The Morgan fingerprint density at radius 2 is 1.73 bits per heavy atom. The van der Waals surface area contributed by atoms with Gasteiger partial charge in [0.05, 0.1) is 5.56 Å². The lowest BCUT2D eigenvalue weighted by Crippen LogP contribution is -2.28. The second kappa shape index (κ2) is 7.55. The number of alkyl halides is 6. The van der Waals surface area contributed by atoms with Gasteiger partial charge in [0.2, 0.25) is 0 Å². The van der Waals surface area contributed by atoms with Crippen LogP contribution in [0.3, 0.4) is 0 Å². The quantitative estimate of drug-likeness (QED) is 0.197. The first kappa shape index (κ1) is 23.2. The first-order valence-corrected chi connectivity index (χ1v) is 10.9. The Bertz CT molecular complexity index is 1520. The van der Waals surface area contributed by atoms with Crippen LogP contribution in [0.1, 0.15) is 5.56 Å². The number of imidazole rings is 1. The van der Waals surface area contributed by atoms with Crippen molar-refractivity contribution in [2.45, 2.75) is 11.7 Å². The summed E-state index contributed by atoms with van der Waals surface area (Å²) in [6, 6.07) is 4.90. The Labute approximate surface area is 189 Å². The van der Waals surface area contributed by atoms with Crippen LogP contribution in [-0.4, -0.2) is 33.4 Å². The fourth-order valence-corrected chi connectivity index (χ4v) is 3.87. The zero-order chi connectivity index (χ0) is 24.3. The SMILES string of the molecule is Cn1c(-c2ncc3cc(Br)ccc3c2OS(=O)(=O)C(F)(F)F)nc2cc(C(F)(F)F)cnc21. The molecule has 174 valence electrons. The number of aryl methyl sites for hydroxylation is 1. The highest BCUT2D eigenvalue weighted by Crippen LogP contribution is 2.40. The maximum absolute atomic E-state index is 13.0. The van der Waals surface area contributed by atoms with Crippen LogP contribution in [0.25, 0.3) is 33.5 Å². The van der Waals surface area contributed by atoms with Gasteiger partial charge < -0.3 is 8.75 Å². The van der Waals surface area contributed by atoms with Crippen molar-refractivity contribution in [3.05, 3.63) is 46.7 Å². The molecule has 3 aromatic heterocycles. The van der Waals surface area contributed by atoms with Crippen molar-refractivity contribution in [3.63, 3.8) is 0 Å². The third-order valence-corrected chi connectivity index (χ3v) is 5.98. The van der Waals surface area contributed by atoms with Gasteiger partial charge in [0.15, 0.2) is 22.9 Å². The summed E-state index contributed by atoms with van der Waals surface area (Å²) < 4.78 is 108. The lowest BCUT2D eigenvalue weighted by Gasteiger charge is -2.14. The summed E-state index contributed by atoms with van der Waals surface area (Å²) in [5.41, 5.74) is -7.54. The molecule has 0 unspecified atom stereocenters. The molecule has 4 rings (SSSR count). The van der Waals surface area contributed by atoms with Gasteiger partial charge in [0.1, 0.15) is 5.52 Å². The molecule has 0 radical (unpaired) electrons. The molecule has 0 atom stereocenters. The number of fused-ring (bicyclic) bond motifs is 2. The van der Waals surface area contributed by atoms with E-state index in [4.69, 9.17) is 0 Å². The maximum Gasteiger partial charge on any atom is 0.534 e. The molecular formula is C18H9BrF6N4O3S. The van der Waals surface area contributed by atoms with E-state index in [0.29, 0.717) is 16.7 Å². The van der Waals surface area contributed by atoms with Crippen molar-refractivity contribution >= 4 is 48.0 Å². The van der Waals surface area contributed by atoms with E-state index in [0.717, 1.165) is 4.57 Å². The molecule has 33 heavy (non-hydrogen) atoms. The predicted octanol–water partition coefficient (Wildman–Crippen LogP) is 5.19. The van der Waals surface area contributed by atoms with Gasteiger partial charge in [0, 0.05) is 34.7 Å². The molecule has 0 fully saturated rings. The molecule has 0 saturated carbocycles. The smallest absolute Gasteiger partial charge is 0.373 e. The van der Waals surface area contributed by atoms with Crippen LogP contribution < -0.4 is 4.18 Å². The molecule has 7 nitrogen and oxygen atoms in total. The van der Waals surface area contributed by atoms with E-state index in [2.05, 4.69) is 35.1 Å². The van der Waals surface area contributed by atoms with Crippen molar-refractivity contribution in [1.82, 2.24) is 19.5 Å². The Kier molecular flexibility index (Phi) is 5.31. The van der Waals surface area contributed by atoms with Crippen molar-refractivity contribution in [2.24, 2.45) is 7.05 Å². The zero-order valence-corrected chi connectivity index (χ0v) is 18.4. The van der Waals surface area contributed by atoms with Crippen LogP contribution in [0, 0.1) is 0 Å². The summed E-state index contributed by atoms with van der Waals surface area (Å²) in [5, 5.41) is 0.184. The Morgan fingerprint density at radius 3 is 2.36 bits per heavy atom. The highest BCUT2D eigenvalue weighted by atomic mass is 79.9. The van der Waals surface area contributed by atoms with Crippen molar-refractivity contribution in [3.8, 4) is 17.3 Å². The van der Waals surface area contributed by atoms with E-state index in [1.54, 1.807) is 0 Å². The number of pyridine rings is 2. The summed E-state index contributed by atoms with van der Waals surface area (Å²) in [4.78, 5) is 11.7. The first-order chi connectivity index (χ1) is 15.2. The molecule has 1 aromatic carbocycles. The van der Waals surface area contributed by atoms with E-state index in [9.17, 15) is 34.8 Å². The molecule has 4 aromatic rings. The van der Waals surface area contributed by atoms with Gasteiger partial charge >= 0.3 is 21.8 Å². The fourth-order valence-electron chi connectivity index (χ4n) is 3.01. The standard InChI is InChI=1S/C18H9BrF6N4O3S/c1-29-15-12(5-9(7-27-15)17(20,21)22)28-16(29)13-14(32-33(30,31)18(23,24)25)11-3-2-10(19)4-8(11)6-26-13/h2-7H,1H3. The molecule has 0 aliphatic heterocycles. The summed E-state index contributed by atoms with van der Waals surface area (Å²) in [7, 11) is -4.77. The molecule has 0 aliphatic carbocycles. The number of rotatable bonds is 3. The molecule has 0 N–H and O–H groups in total. The minimum absolute atomic E-state index is 0.0414. The zero-order valence-electron chi connectivity index (χ0n) is 16.0. The van der Waals surface area contributed by atoms with Gasteiger partial charge in [-0.1, -0.05) is 15.9 Å². The first-order valence-electron chi connectivity index (χ1n) is 8.68. The summed E-state index contributed by atoms with van der Waals surface area (Å²) in [6.45, 7) is 0. The Balaban J connectivity index is 2.00. The second-order valence-corrected chi connectivity index (χ2v) is 9.16. The second-order valence-electron chi connectivity index (χ2n) is 6.71. The number of halogens is 7. The van der Waals surface area contributed by atoms with Gasteiger partial charge in [-0.25, -0.2) is 15.0 Å². The van der Waals surface area contributed by atoms with Crippen LogP contribution in [0.5, 0.6) is 5.75 Å². The van der Waals surface area contributed by atoms with Gasteiger partial charge in [-0.05, 0) is 24.3 Å². The van der Waals surface area contributed by atoms with Crippen LogP contribution >= 0.6 is 15.9 Å². The predicted molar refractivity (Wildman–Crippen MR) is 108 cm³/mol. The monoisotopic (exact) mass is 554 g/mol. The molecule has 0 aliphatic rings. The summed E-state index contributed by atoms with van der Waals surface area (Å²) in [5.74, 6) is -1.04. The van der Waals surface area contributed by atoms with E-state index in [-0.39, 0.29) is 27.8 Å². The van der Waals surface area contributed by atoms with Gasteiger partial charge in [-0.2, -0.15) is 34.8 Å². The van der Waals surface area contributed by atoms with Crippen molar-refractivity contribution < 1.29 is 38.9 Å². The molecular weight excluding hydrogens is 546 g/mol. The lowest BCUT2D eigenvalue weighted by atomic mass is 10.1. The average Bonchev–Trinajstić information content (AvgIpc) is 3.02. The largest absolute Gasteiger partial charge is 0.534 e. The normalized spacial score (nSPS) is 13.1. The minimum Gasteiger partial charge on any atom is -0.373 e. The number of hydrogen-bond donors (Lipinski definition) is 0. The molecule has 0 bridgehead atoms. The number of nitrogens with zero attached hydrogens (tertiary/aromatic N) is 4. The van der Waals surface area contributed by atoms with Gasteiger partial charge in [-0.15, -0.1) is 0 Å². The molecule has 3 heterocycles. The van der Waals surface area contributed by atoms with Gasteiger partial charge in [-0.3, -0.25) is 0 Å². The average molecular weight is 555 g/mol. The number of hydrogen-bond acceptors (Lipinski definition) is 6. The van der Waals surface area contributed by atoms with E-state index < -0.39 is 38.8 Å². The Hall–Kier alpha value is -2.94. The summed E-state index contributed by atoms with van der Waals surface area (Å²) >= 11 is 3.19. The van der Waals surface area contributed by atoms with Crippen molar-refractivity contribution in [1.29, 1.82) is 0 Å². The molecule has 15 heteroatoms. The van der Waals surface area contributed by atoms with Gasteiger partial charge in [0.25, 0.3) is 0 Å². The number of aromatic nitrogens is 4. The van der Waals surface area contributed by atoms with Crippen LogP contribution in [-0.2, 0) is 23.3 Å². The third-order valence-electron chi connectivity index (χ3n) is 4.53. The number of benzene rings is 1. The minimum atomic E-state index is -6.11. The van der Waals surface area contributed by atoms with Crippen LogP contribution in [0.2, 0.25) is 0 Å². The lowest BCUT2D eigenvalue weighted by molar-refractivity contribution is -0.137. The van der Waals surface area contributed by atoms with E-state index in [1.807, 2.05) is 0 Å². The van der Waals surface area contributed by atoms with Crippen molar-refractivity contribution in [2.75, 3.05) is 0 Å². The molecule has 0 spiro atoms.